The number of hydrogen-bond acceptors (Lipinski definition) is 3. The van der Waals surface area contributed by atoms with Gasteiger partial charge in [0.1, 0.15) is 17.5 Å². The minimum atomic E-state index is -0.662. The summed E-state index contributed by atoms with van der Waals surface area (Å²) in [5.41, 5.74) is 1.69. The molecule has 0 unspecified atom stereocenters. The second kappa shape index (κ2) is 5.99. The molecule has 3 rings (SSSR count). The van der Waals surface area contributed by atoms with E-state index >= 15 is 0 Å². The van der Waals surface area contributed by atoms with Crippen LogP contribution in [-0.2, 0) is 4.84 Å². The summed E-state index contributed by atoms with van der Waals surface area (Å²) in [5.74, 6) is 1.39. The molecule has 5 heteroatoms. The molecular weight excluding hydrogens is 302 g/mol. The highest BCUT2D eigenvalue weighted by atomic mass is 35.5. The van der Waals surface area contributed by atoms with Crippen molar-refractivity contribution >= 4 is 17.0 Å². The largest absolute Gasteiger partial charge is 0.457 e. The molecule has 0 aliphatic carbocycles. The molecule has 0 saturated heterocycles. The predicted molar refractivity (Wildman–Crippen MR) is 84.1 cm³/mol. The molecule has 0 radical (unpaired) electrons. The van der Waals surface area contributed by atoms with E-state index in [1.165, 1.54) is 5.06 Å². The first-order valence-corrected chi connectivity index (χ1v) is 7.47. The number of para-hydroxylation sites is 2. The molecule has 2 aromatic rings. The van der Waals surface area contributed by atoms with E-state index in [1.807, 2.05) is 62.4 Å². The Morgan fingerprint density at radius 3 is 2.05 bits per heavy atom. The summed E-state index contributed by atoms with van der Waals surface area (Å²) in [4.78, 5) is 17.6. The van der Waals surface area contributed by atoms with Crippen LogP contribution in [0.3, 0.4) is 0 Å². The van der Waals surface area contributed by atoms with Crippen LogP contribution in [0.15, 0.2) is 48.5 Å². The molecule has 0 spiro atoms. The number of ether oxygens (including phenoxy) is 1. The topological polar surface area (TPSA) is 38.8 Å². The summed E-state index contributed by atoms with van der Waals surface area (Å²) >= 11 is 5.78. The second-order valence-corrected chi connectivity index (χ2v) is 5.64. The molecule has 2 aromatic carbocycles. The van der Waals surface area contributed by atoms with E-state index in [-0.39, 0.29) is 6.10 Å². The molecule has 0 aromatic heterocycles. The number of amides is 1. The lowest BCUT2D eigenvalue weighted by Crippen LogP contribution is -2.35. The number of hydroxylamine groups is 2. The van der Waals surface area contributed by atoms with Gasteiger partial charge in [0.2, 0.25) is 0 Å². The third-order valence-electron chi connectivity index (χ3n) is 3.38. The monoisotopic (exact) mass is 317 g/mol. The van der Waals surface area contributed by atoms with Gasteiger partial charge in [-0.15, -0.1) is 0 Å². The molecule has 4 nitrogen and oxygen atoms in total. The number of carbonyl (C=O) groups is 1. The zero-order valence-electron chi connectivity index (χ0n) is 12.3. The molecular formula is C17H16ClNO3. The van der Waals surface area contributed by atoms with E-state index in [9.17, 15) is 4.79 Å². The van der Waals surface area contributed by atoms with Crippen molar-refractivity contribution in [2.45, 2.75) is 26.0 Å². The summed E-state index contributed by atoms with van der Waals surface area (Å²) in [6.45, 7) is 3.70. The third-order valence-corrected chi connectivity index (χ3v) is 3.55. The maximum absolute atomic E-state index is 11.9. The maximum Gasteiger partial charge on any atom is 0.341 e. The Bertz CT molecular complexity index is 656. The molecule has 0 saturated carbocycles. The van der Waals surface area contributed by atoms with Crippen LogP contribution in [0.4, 0.5) is 4.79 Å². The van der Waals surface area contributed by atoms with Crippen molar-refractivity contribution in [2.24, 2.45) is 0 Å². The molecule has 0 N–H and O–H groups in total. The normalized spacial score (nSPS) is 13.3. The number of fused-ring (bicyclic) bond motifs is 2. The summed E-state index contributed by atoms with van der Waals surface area (Å²) in [7, 11) is 0. The zero-order chi connectivity index (χ0) is 15.7. The van der Waals surface area contributed by atoms with Gasteiger partial charge in [0.05, 0.1) is 6.10 Å². The van der Waals surface area contributed by atoms with Crippen molar-refractivity contribution < 1.29 is 14.4 Å². The molecule has 1 aliphatic heterocycles. The number of hydrogen-bond donors (Lipinski definition) is 0. The van der Waals surface area contributed by atoms with Gasteiger partial charge in [0, 0.05) is 11.1 Å². The van der Waals surface area contributed by atoms with E-state index in [4.69, 9.17) is 21.2 Å². The van der Waals surface area contributed by atoms with Crippen molar-refractivity contribution in [2.75, 3.05) is 0 Å². The predicted octanol–water partition coefficient (Wildman–Crippen LogP) is 4.88. The molecule has 1 amide bonds. The van der Waals surface area contributed by atoms with Gasteiger partial charge in [-0.3, -0.25) is 9.63 Å². The van der Waals surface area contributed by atoms with Crippen LogP contribution in [0.5, 0.6) is 11.5 Å². The van der Waals surface area contributed by atoms with E-state index < -0.39 is 11.4 Å². The fraction of sp³-hybridized carbons (Fsp3) is 0.235. The van der Waals surface area contributed by atoms with Crippen LogP contribution >= 0.6 is 11.6 Å². The highest BCUT2D eigenvalue weighted by molar-refractivity contribution is 6.62. The number of rotatable bonds is 3. The third kappa shape index (κ3) is 2.67. The maximum atomic E-state index is 11.9. The minimum absolute atomic E-state index is 0.176. The van der Waals surface area contributed by atoms with Gasteiger partial charge >= 0.3 is 5.37 Å². The van der Waals surface area contributed by atoms with Crippen molar-refractivity contribution in [1.29, 1.82) is 0 Å². The van der Waals surface area contributed by atoms with Crippen molar-refractivity contribution in [1.82, 2.24) is 5.06 Å². The molecule has 0 bridgehead atoms. The Balaban J connectivity index is 2.14. The highest BCUT2D eigenvalue weighted by Crippen LogP contribution is 2.45. The number of benzene rings is 2. The lowest BCUT2D eigenvalue weighted by atomic mass is 9.94. The van der Waals surface area contributed by atoms with E-state index in [1.54, 1.807) is 0 Å². The second-order valence-electron chi connectivity index (χ2n) is 5.31. The quantitative estimate of drug-likeness (QED) is 0.460. The van der Waals surface area contributed by atoms with Gasteiger partial charge in [0.25, 0.3) is 0 Å². The molecule has 1 aliphatic rings. The highest BCUT2D eigenvalue weighted by Gasteiger charge is 2.35. The first-order valence-electron chi connectivity index (χ1n) is 7.09. The first-order chi connectivity index (χ1) is 10.6. The zero-order valence-corrected chi connectivity index (χ0v) is 13.1. The van der Waals surface area contributed by atoms with E-state index in [2.05, 4.69) is 0 Å². The number of carbonyl (C=O) groups excluding carboxylic acids is 1. The standard InChI is InChI=1S/C17H16ClNO3/c1-11(2)22-19(17(18)20)16-12-7-3-5-9-14(12)21-15-10-6-4-8-13(15)16/h3-11,16H,1-2H3. The lowest BCUT2D eigenvalue weighted by Gasteiger charge is -2.35. The summed E-state index contributed by atoms with van der Waals surface area (Å²) in [6.07, 6.45) is -0.176. The van der Waals surface area contributed by atoms with Crippen LogP contribution in [-0.4, -0.2) is 16.5 Å². The van der Waals surface area contributed by atoms with Gasteiger partial charge in [0.15, 0.2) is 0 Å². The van der Waals surface area contributed by atoms with Crippen LogP contribution < -0.4 is 4.74 Å². The van der Waals surface area contributed by atoms with Crippen molar-refractivity contribution in [3.8, 4) is 11.5 Å². The smallest absolute Gasteiger partial charge is 0.341 e. The number of nitrogens with zero attached hydrogens (tertiary/aromatic N) is 1. The molecule has 1 heterocycles. The molecule has 22 heavy (non-hydrogen) atoms. The van der Waals surface area contributed by atoms with Gasteiger partial charge in [-0.05, 0) is 37.6 Å². The van der Waals surface area contributed by atoms with Crippen LogP contribution in [0.25, 0.3) is 0 Å². The Labute approximate surface area is 134 Å². The SMILES string of the molecule is CC(C)ON(C(=O)Cl)C1c2ccccc2Oc2ccccc21. The average Bonchev–Trinajstić information content (AvgIpc) is 2.50. The Morgan fingerprint density at radius 2 is 1.59 bits per heavy atom. The van der Waals surface area contributed by atoms with Crippen molar-refractivity contribution in [3.63, 3.8) is 0 Å². The Morgan fingerprint density at radius 1 is 1.09 bits per heavy atom. The van der Waals surface area contributed by atoms with Crippen LogP contribution in [0.1, 0.15) is 31.0 Å². The van der Waals surface area contributed by atoms with Gasteiger partial charge in [-0.25, -0.2) is 0 Å². The van der Waals surface area contributed by atoms with Crippen LogP contribution in [0.2, 0.25) is 0 Å². The van der Waals surface area contributed by atoms with E-state index in [0.29, 0.717) is 11.5 Å². The van der Waals surface area contributed by atoms with Crippen LogP contribution in [0, 0.1) is 0 Å². The molecule has 0 atom stereocenters. The fourth-order valence-electron chi connectivity index (χ4n) is 2.57. The van der Waals surface area contributed by atoms with Gasteiger partial charge < -0.3 is 4.74 Å². The lowest BCUT2D eigenvalue weighted by molar-refractivity contribution is -0.160. The fourth-order valence-corrected chi connectivity index (χ4v) is 2.71. The van der Waals surface area contributed by atoms with Crippen molar-refractivity contribution in [3.05, 3.63) is 59.7 Å². The summed E-state index contributed by atoms with van der Waals surface area (Å²) < 4.78 is 5.91. The van der Waals surface area contributed by atoms with Gasteiger partial charge in [-0.2, -0.15) is 5.06 Å². The first kappa shape index (κ1) is 14.9. The van der Waals surface area contributed by atoms with E-state index in [0.717, 1.165) is 11.1 Å². The Hall–Kier alpha value is -2.04. The summed E-state index contributed by atoms with van der Waals surface area (Å²) in [5, 5.41) is 0.553. The van der Waals surface area contributed by atoms with Gasteiger partial charge in [-0.1, -0.05) is 36.4 Å². The summed E-state index contributed by atoms with van der Waals surface area (Å²) in [6, 6.07) is 14.7. The average molecular weight is 318 g/mol. The minimum Gasteiger partial charge on any atom is -0.457 e. The number of halogens is 1. The molecule has 0 fully saturated rings. The Kier molecular flexibility index (Phi) is 4.05. The molecule has 114 valence electrons.